The van der Waals surface area contributed by atoms with Crippen LogP contribution in [-0.4, -0.2) is 25.0 Å². The summed E-state index contributed by atoms with van der Waals surface area (Å²) in [4.78, 5) is 25.7. The number of halogens is 2. The Balaban J connectivity index is 2.02. The van der Waals surface area contributed by atoms with E-state index in [1.807, 2.05) is 66.7 Å². The highest BCUT2D eigenvalue weighted by Gasteiger charge is 2.33. The molecule has 3 aromatic carbocycles. The number of hydrogen-bond acceptors (Lipinski definition) is 3. The number of carbonyl (C=O) groups excluding carboxylic acids is 2. The minimum Gasteiger partial charge on any atom is -0.467 e. The summed E-state index contributed by atoms with van der Waals surface area (Å²) >= 11 is 6.78. The quantitative estimate of drug-likeness (QED) is 0.451. The number of hydrogen-bond donors (Lipinski definition) is 1. The number of rotatable bonds is 6. The van der Waals surface area contributed by atoms with Gasteiger partial charge in [0.25, 0.3) is 5.91 Å². The van der Waals surface area contributed by atoms with Crippen LogP contribution in [0.2, 0.25) is 0 Å². The van der Waals surface area contributed by atoms with Crippen molar-refractivity contribution in [2.45, 2.75) is 12.0 Å². The lowest BCUT2D eigenvalue weighted by atomic mass is 9.84. The molecule has 0 spiro atoms. The van der Waals surface area contributed by atoms with E-state index in [0.717, 1.165) is 20.1 Å². The first-order valence-electron chi connectivity index (χ1n) is 8.94. The molecule has 0 unspecified atom stereocenters. The Morgan fingerprint density at radius 2 is 1.31 bits per heavy atom. The largest absolute Gasteiger partial charge is 0.467 e. The monoisotopic (exact) mass is 515 g/mol. The molecule has 29 heavy (non-hydrogen) atoms. The predicted octanol–water partition coefficient (Wildman–Crippen LogP) is 5.32. The van der Waals surface area contributed by atoms with Crippen LogP contribution < -0.4 is 5.32 Å². The van der Waals surface area contributed by atoms with E-state index in [4.69, 9.17) is 4.74 Å². The van der Waals surface area contributed by atoms with E-state index in [9.17, 15) is 9.59 Å². The normalized spacial score (nSPS) is 11.7. The van der Waals surface area contributed by atoms with Gasteiger partial charge in [-0.1, -0.05) is 92.5 Å². The lowest BCUT2D eigenvalue weighted by molar-refractivity contribution is -0.143. The van der Waals surface area contributed by atoms with E-state index in [2.05, 4.69) is 37.2 Å². The molecule has 0 aromatic heterocycles. The zero-order valence-electron chi connectivity index (χ0n) is 15.6. The molecule has 3 aromatic rings. The van der Waals surface area contributed by atoms with Crippen molar-refractivity contribution in [3.05, 3.63) is 104 Å². The molecule has 4 nitrogen and oxygen atoms in total. The van der Waals surface area contributed by atoms with Gasteiger partial charge in [0.2, 0.25) is 0 Å². The van der Waals surface area contributed by atoms with Crippen molar-refractivity contribution in [1.29, 1.82) is 0 Å². The average Bonchev–Trinajstić information content (AvgIpc) is 2.73. The van der Waals surface area contributed by atoms with Crippen molar-refractivity contribution in [3.63, 3.8) is 0 Å². The summed E-state index contributed by atoms with van der Waals surface area (Å²) < 4.78 is 6.57. The number of amides is 1. The molecular weight excluding hydrogens is 498 g/mol. The SMILES string of the molecule is COC(=O)[C@H](NC(=O)c1cc(Br)cc(Br)c1)C(c1ccccc1)c1ccccc1. The number of carbonyl (C=O) groups is 2. The Bertz CT molecular complexity index is 934. The maximum Gasteiger partial charge on any atom is 0.329 e. The van der Waals surface area contributed by atoms with Crippen LogP contribution in [0.25, 0.3) is 0 Å². The Morgan fingerprint density at radius 1 is 0.828 bits per heavy atom. The molecule has 0 saturated carbocycles. The van der Waals surface area contributed by atoms with Crippen molar-refractivity contribution < 1.29 is 14.3 Å². The number of esters is 1. The zero-order valence-corrected chi connectivity index (χ0v) is 18.8. The van der Waals surface area contributed by atoms with Gasteiger partial charge in [-0.15, -0.1) is 0 Å². The van der Waals surface area contributed by atoms with Crippen LogP contribution in [0.3, 0.4) is 0 Å². The Kier molecular flexibility index (Phi) is 7.23. The van der Waals surface area contributed by atoms with Gasteiger partial charge in [0.15, 0.2) is 0 Å². The summed E-state index contributed by atoms with van der Waals surface area (Å²) in [6, 6.07) is 23.6. The third kappa shape index (κ3) is 5.34. The lowest BCUT2D eigenvalue weighted by Gasteiger charge is -2.27. The van der Waals surface area contributed by atoms with Crippen LogP contribution in [0.4, 0.5) is 0 Å². The summed E-state index contributed by atoms with van der Waals surface area (Å²) in [7, 11) is 1.32. The van der Waals surface area contributed by atoms with Crippen LogP contribution >= 0.6 is 31.9 Å². The molecule has 0 radical (unpaired) electrons. The summed E-state index contributed by atoms with van der Waals surface area (Å²) in [5, 5.41) is 2.88. The molecule has 0 fully saturated rings. The highest BCUT2D eigenvalue weighted by Crippen LogP contribution is 2.29. The molecular formula is C23H19Br2NO3. The van der Waals surface area contributed by atoms with Gasteiger partial charge < -0.3 is 10.1 Å². The molecule has 0 aliphatic rings. The number of benzene rings is 3. The van der Waals surface area contributed by atoms with Crippen molar-refractivity contribution in [3.8, 4) is 0 Å². The smallest absolute Gasteiger partial charge is 0.329 e. The molecule has 1 N–H and O–H groups in total. The summed E-state index contributed by atoms with van der Waals surface area (Å²) in [6.07, 6.45) is 0. The minimum atomic E-state index is -0.893. The van der Waals surface area contributed by atoms with Crippen LogP contribution in [0, 0.1) is 0 Å². The lowest BCUT2D eigenvalue weighted by Crippen LogP contribution is -2.46. The highest BCUT2D eigenvalue weighted by atomic mass is 79.9. The maximum absolute atomic E-state index is 13.0. The first kappa shape index (κ1) is 21.3. The molecule has 1 atom stereocenters. The molecule has 3 rings (SSSR count). The molecule has 0 aliphatic heterocycles. The van der Waals surface area contributed by atoms with Gasteiger partial charge in [-0.05, 0) is 29.3 Å². The number of methoxy groups -OCH3 is 1. The topological polar surface area (TPSA) is 55.4 Å². The summed E-state index contributed by atoms with van der Waals surface area (Å²) in [6.45, 7) is 0. The van der Waals surface area contributed by atoms with Crippen molar-refractivity contribution >= 4 is 43.7 Å². The molecule has 1 amide bonds. The second-order valence-corrected chi connectivity index (χ2v) is 8.26. The second kappa shape index (κ2) is 9.85. The highest BCUT2D eigenvalue weighted by molar-refractivity contribution is 9.11. The fourth-order valence-electron chi connectivity index (χ4n) is 3.21. The van der Waals surface area contributed by atoms with E-state index >= 15 is 0 Å². The van der Waals surface area contributed by atoms with Gasteiger partial charge in [0.05, 0.1) is 7.11 Å². The standard InChI is InChI=1S/C23H19Br2NO3/c1-29-23(28)21(26-22(27)17-12-18(24)14-19(25)13-17)20(15-8-4-2-5-9-15)16-10-6-3-7-11-16/h2-14,20-21H,1H3,(H,26,27)/t21-/m1/s1. The minimum absolute atomic E-state index is 0.362. The van der Waals surface area contributed by atoms with E-state index in [1.165, 1.54) is 7.11 Å². The molecule has 148 valence electrons. The van der Waals surface area contributed by atoms with Crippen molar-refractivity contribution in [2.24, 2.45) is 0 Å². The van der Waals surface area contributed by atoms with Gasteiger partial charge in [0, 0.05) is 20.4 Å². The van der Waals surface area contributed by atoms with Crippen molar-refractivity contribution in [1.82, 2.24) is 5.32 Å². The zero-order chi connectivity index (χ0) is 20.8. The number of ether oxygens (including phenoxy) is 1. The fraction of sp³-hybridized carbons (Fsp3) is 0.130. The summed E-state index contributed by atoms with van der Waals surface area (Å²) in [5.74, 6) is -1.27. The third-order valence-electron chi connectivity index (χ3n) is 4.52. The second-order valence-electron chi connectivity index (χ2n) is 6.43. The Labute approximate surface area is 186 Å². The first-order chi connectivity index (χ1) is 14.0. The molecule has 0 bridgehead atoms. The van der Waals surface area contributed by atoms with Crippen LogP contribution in [-0.2, 0) is 9.53 Å². The first-order valence-corrected chi connectivity index (χ1v) is 10.5. The van der Waals surface area contributed by atoms with E-state index in [-0.39, 0.29) is 5.91 Å². The van der Waals surface area contributed by atoms with Gasteiger partial charge in [-0.25, -0.2) is 4.79 Å². The van der Waals surface area contributed by atoms with E-state index < -0.39 is 17.9 Å². The molecule has 0 saturated heterocycles. The molecule has 0 heterocycles. The summed E-state index contributed by atoms with van der Waals surface area (Å²) in [5.41, 5.74) is 2.25. The Hall–Kier alpha value is -2.44. The maximum atomic E-state index is 13.0. The third-order valence-corrected chi connectivity index (χ3v) is 5.43. The van der Waals surface area contributed by atoms with Crippen molar-refractivity contribution in [2.75, 3.05) is 7.11 Å². The van der Waals surface area contributed by atoms with Gasteiger partial charge >= 0.3 is 5.97 Å². The molecule has 0 aliphatic carbocycles. The average molecular weight is 517 g/mol. The van der Waals surface area contributed by atoms with Gasteiger partial charge in [-0.2, -0.15) is 0 Å². The number of nitrogens with one attached hydrogen (secondary N) is 1. The van der Waals surface area contributed by atoms with Crippen LogP contribution in [0.5, 0.6) is 0 Å². The van der Waals surface area contributed by atoms with Crippen LogP contribution in [0.15, 0.2) is 87.8 Å². The van der Waals surface area contributed by atoms with Gasteiger partial charge in [0.1, 0.15) is 6.04 Å². The van der Waals surface area contributed by atoms with Crippen LogP contribution in [0.1, 0.15) is 27.4 Å². The van der Waals surface area contributed by atoms with E-state index in [1.54, 1.807) is 12.1 Å². The van der Waals surface area contributed by atoms with E-state index in [0.29, 0.717) is 5.56 Å². The predicted molar refractivity (Wildman–Crippen MR) is 120 cm³/mol. The van der Waals surface area contributed by atoms with Gasteiger partial charge in [-0.3, -0.25) is 4.79 Å². The molecule has 6 heteroatoms. The Morgan fingerprint density at radius 3 is 1.76 bits per heavy atom. The fourth-order valence-corrected chi connectivity index (χ4v) is 4.51.